The molecule has 13 heavy (non-hydrogen) atoms. The van der Waals surface area contributed by atoms with Gasteiger partial charge in [-0.2, -0.15) is 0 Å². The van der Waals surface area contributed by atoms with Crippen molar-refractivity contribution in [1.29, 1.82) is 0 Å². The molecule has 3 heteroatoms. The van der Waals surface area contributed by atoms with Crippen LogP contribution in [-0.2, 0) is 14.3 Å². The molecule has 2 unspecified atom stereocenters. The summed E-state index contributed by atoms with van der Waals surface area (Å²) in [5, 5.41) is 0. The molecule has 0 aliphatic carbocycles. The molecular weight excluding hydrogens is 168 g/mol. The predicted molar refractivity (Wildman–Crippen MR) is 47.8 cm³/mol. The van der Waals surface area contributed by atoms with Gasteiger partial charge in [0.15, 0.2) is 0 Å². The van der Waals surface area contributed by atoms with Crippen LogP contribution in [0.25, 0.3) is 0 Å². The van der Waals surface area contributed by atoms with Gasteiger partial charge in [0.25, 0.3) is 0 Å². The zero-order chi connectivity index (χ0) is 10.0. The standard InChI is InChI=1S/C10H16O3/c1-4-5-7-8(6(2)3)10(12)13-9(7)11/h6-8H,4-5H2,1-3H3. The third-order valence-corrected chi connectivity index (χ3v) is 2.53. The summed E-state index contributed by atoms with van der Waals surface area (Å²) in [7, 11) is 0. The number of rotatable bonds is 3. The molecule has 1 aliphatic heterocycles. The highest BCUT2D eigenvalue weighted by Gasteiger charge is 2.44. The lowest BCUT2D eigenvalue weighted by atomic mass is 9.83. The summed E-state index contributed by atoms with van der Waals surface area (Å²) >= 11 is 0. The van der Waals surface area contributed by atoms with Gasteiger partial charge < -0.3 is 4.74 Å². The maximum absolute atomic E-state index is 11.3. The van der Waals surface area contributed by atoms with Crippen molar-refractivity contribution >= 4 is 11.9 Å². The number of hydrogen-bond acceptors (Lipinski definition) is 3. The van der Waals surface area contributed by atoms with Gasteiger partial charge in [0, 0.05) is 0 Å². The molecule has 0 aromatic carbocycles. The van der Waals surface area contributed by atoms with Crippen LogP contribution >= 0.6 is 0 Å². The molecular formula is C10H16O3. The molecule has 0 saturated carbocycles. The lowest BCUT2D eigenvalue weighted by Gasteiger charge is -2.15. The second-order valence-corrected chi connectivity index (χ2v) is 3.91. The molecule has 0 N–H and O–H groups in total. The molecule has 0 amide bonds. The molecule has 0 bridgehead atoms. The van der Waals surface area contributed by atoms with E-state index in [9.17, 15) is 9.59 Å². The Morgan fingerprint density at radius 1 is 1.31 bits per heavy atom. The molecule has 1 rings (SSSR count). The Morgan fingerprint density at radius 3 is 2.38 bits per heavy atom. The Hall–Kier alpha value is -0.860. The quantitative estimate of drug-likeness (QED) is 0.496. The minimum atomic E-state index is -0.335. The predicted octanol–water partition coefficient (Wildman–Crippen LogP) is 1.76. The summed E-state index contributed by atoms with van der Waals surface area (Å²) in [6.07, 6.45) is 1.67. The summed E-state index contributed by atoms with van der Waals surface area (Å²) in [5.41, 5.74) is 0. The summed E-state index contributed by atoms with van der Waals surface area (Å²) in [6.45, 7) is 5.91. The zero-order valence-electron chi connectivity index (χ0n) is 8.37. The van der Waals surface area contributed by atoms with Gasteiger partial charge in [0.05, 0.1) is 11.8 Å². The fourth-order valence-electron chi connectivity index (χ4n) is 1.90. The lowest BCUT2D eigenvalue weighted by molar-refractivity contribution is -0.154. The van der Waals surface area contributed by atoms with E-state index in [1.54, 1.807) is 0 Å². The maximum Gasteiger partial charge on any atom is 0.317 e. The fourth-order valence-corrected chi connectivity index (χ4v) is 1.90. The third kappa shape index (κ3) is 1.90. The average Bonchev–Trinajstić information content (AvgIpc) is 2.27. The van der Waals surface area contributed by atoms with Crippen LogP contribution in [-0.4, -0.2) is 11.9 Å². The lowest BCUT2D eigenvalue weighted by Crippen LogP contribution is -2.22. The molecule has 1 saturated heterocycles. The summed E-state index contributed by atoms with van der Waals surface area (Å²) in [5.74, 6) is -0.885. The van der Waals surface area contributed by atoms with Crippen molar-refractivity contribution in [3.63, 3.8) is 0 Å². The highest BCUT2D eigenvalue weighted by molar-refractivity contribution is 5.96. The number of cyclic esters (lactones) is 2. The van der Waals surface area contributed by atoms with Crippen LogP contribution in [0.1, 0.15) is 33.6 Å². The molecule has 1 aliphatic rings. The van der Waals surface area contributed by atoms with E-state index in [-0.39, 0.29) is 29.7 Å². The number of esters is 2. The first kappa shape index (κ1) is 10.2. The Kier molecular flexibility index (Phi) is 3.07. The highest BCUT2D eigenvalue weighted by Crippen LogP contribution is 2.32. The average molecular weight is 184 g/mol. The molecule has 3 nitrogen and oxygen atoms in total. The van der Waals surface area contributed by atoms with Crippen LogP contribution in [0.3, 0.4) is 0 Å². The number of hydrogen-bond donors (Lipinski definition) is 0. The van der Waals surface area contributed by atoms with Crippen LogP contribution in [0, 0.1) is 17.8 Å². The second-order valence-electron chi connectivity index (χ2n) is 3.91. The second kappa shape index (κ2) is 3.90. The SMILES string of the molecule is CCCC1C(=O)OC(=O)C1C(C)C. The smallest absolute Gasteiger partial charge is 0.317 e. The minimum absolute atomic E-state index is 0.190. The van der Waals surface area contributed by atoms with Gasteiger partial charge in [0.1, 0.15) is 0 Å². The summed E-state index contributed by atoms with van der Waals surface area (Å²) in [4.78, 5) is 22.5. The third-order valence-electron chi connectivity index (χ3n) is 2.53. The van der Waals surface area contributed by atoms with Gasteiger partial charge in [-0.25, -0.2) is 0 Å². The van der Waals surface area contributed by atoms with E-state index in [4.69, 9.17) is 0 Å². The van der Waals surface area contributed by atoms with E-state index in [0.717, 1.165) is 12.8 Å². The first-order valence-electron chi connectivity index (χ1n) is 4.83. The van der Waals surface area contributed by atoms with E-state index in [2.05, 4.69) is 4.74 Å². The molecule has 1 fully saturated rings. The van der Waals surface area contributed by atoms with Crippen LogP contribution < -0.4 is 0 Å². The van der Waals surface area contributed by atoms with Crippen molar-refractivity contribution in [2.75, 3.05) is 0 Å². The monoisotopic (exact) mass is 184 g/mol. The van der Waals surface area contributed by atoms with E-state index in [0.29, 0.717) is 0 Å². The Balaban J connectivity index is 2.77. The largest absolute Gasteiger partial charge is 0.393 e. The Bertz CT molecular complexity index is 220. The van der Waals surface area contributed by atoms with Crippen molar-refractivity contribution in [3.05, 3.63) is 0 Å². The fraction of sp³-hybridized carbons (Fsp3) is 0.800. The molecule has 0 aromatic heterocycles. The molecule has 0 spiro atoms. The van der Waals surface area contributed by atoms with Crippen molar-refractivity contribution in [2.45, 2.75) is 33.6 Å². The first-order valence-corrected chi connectivity index (χ1v) is 4.83. The topological polar surface area (TPSA) is 43.4 Å². The first-order chi connectivity index (χ1) is 6.07. The molecule has 0 radical (unpaired) electrons. The van der Waals surface area contributed by atoms with Gasteiger partial charge >= 0.3 is 11.9 Å². The van der Waals surface area contributed by atoms with E-state index >= 15 is 0 Å². The zero-order valence-corrected chi connectivity index (χ0v) is 8.37. The van der Waals surface area contributed by atoms with Gasteiger partial charge in [0.2, 0.25) is 0 Å². The highest BCUT2D eigenvalue weighted by atomic mass is 16.6. The van der Waals surface area contributed by atoms with E-state index < -0.39 is 0 Å². The number of carbonyl (C=O) groups excluding carboxylic acids is 2. The maximum atomic E-state index is 11.3. The van der Waals surface area contributed by atoms with Crippen LogP contribution in [0.4, 0.5) is 0 Å². The van der Waals surface area contributed by atoms with Crippen molar-refractivity contribution < 1.29 is 14.3 Å². The Morgan fingerprint density at radius 2 is 1.92 bits per heavy atom. The van der Waals surface area contributed by atoms with Crippen molar-refractivity contribution in [3.8, 4) is 0 Å². The van der Waals surface area contributed by atoms with Crippen molar-refractivity contribution in [2.24, 2.45) is 17.8 Å². The van der Waals surface area contributed by atoms with E-state index in [1.807, 2.05) is 20.8 Å². The summed E-state index contributed by atoms with van der Waals surface area (Å²) in [6, 6.07) is 0. The normalized spacial score (nSPS) is 28.3. The van der Waals surface area contributed by atoms with Crippen LogP contribution in [0.15, 0.2) is 0 Å². The molecule has 1 heterocycles. The molecule has 0 aromatic rings. The van der Waals surface area contributed by atoms with E-state index in [1.165, 1.54) is 0 Å². The van der Waals surface area contributed by atoms with Crippen molar-refractivity contribution in [1.82, 2.24) is 0 Å². The van der Waals surface area contributed by atoms with Gasteiger partial charge in [-0.05, 0) is 12.3 Å². The van der Waals surface area contributed by atoms with Crippen LogP contribution in [0.5, 0.6) is 0 Å². The van der Waals surface area contributed by atoms with Crippen LogP contribution in [0.2, 0.25) is 0 Å². The molecule has 2 atom stereocenters. The minimum Gasteiger partial charge on any atom is -0.393 e. The summed E-state index contributed by atoms with van der Waals surface area (Å²) < 4.78 is 4.62. The number of carbonyl (C=O) groups is 2. The molecule has 74 valence electrons. The Labute approximate surface area is 78.5 Å². The van der Waals surface area contributed by atoms with Gasteiger partial charge in [-0.15, -0.1) is 0 Å². The van der Waals surface area contributed by atoms with Gasteiger partial charge in [-0.1, -0.05) is 27.2 Å². The number of ether oxygens (including phenoxy) is 1. The van der Waals surface area contributed by atoms with Gasteiger partial charge in [-0.3, -0.25) is 9.59 Å².